The molecule has 23 heavy (non-hydrogen) atoms. The third-order valence-corrected chi connectivity index (χ3v) is 4.04. The van der Waals surface area contributed by atoms with Crippen molar-refractivity contribution in [1.82, 2.24) is 14.8 Å². The molecule has 3 aliphatic rings. The van der Waals surface area contributed by atoms with Gasteiger partial charge in [0.2, 0.25) is 11.9 Å². The molecule has 1 atom stereocenters. The molecule has 0 bridgehead atoms. The highest BCUT2D eigenvalue weighted by Gasteiger charge is 2.54. The number of carbonyl (C=O) groups is 2. The van der Waals surface area contributed by atoms with E-state index in [-0.39, 0.29) is 18.5 Å². The van der Waals surface area contributed by atoms with Crippen LogP contribution >= 0.6 is 0 Å². The van der Waals surface area contributed by atoms with E-state index in [0.29, 0.717) is 24.9 Å². The molecule has 0 radical (unpaired) electrons. The number of amides is 3. The minimum Gasteiger partial charge on any atom is -0.270 e. The van der Waals surface area contributed by atoms with E-state index < -0.39 is 6.04 Å². The number of guanidine groups is 1. The molecule has 1 unspecified atom stereocenters. The SMILES string of the molecule is C=C(C)CN1C(=O)C2C(=NC3=[N+]2CC(C)=NN3CC)N(C)C1=O. The van der Waals surface area contributed by atoms with Gasteiger partial charge in [0.15, 0.2) is 0 Å². The van der Waals surface area contributed by atoms with Gasteiger partial charge in [-0.3, -0.25) is 14.6 Å². The van der Waals surface area contributed by atoms with Crippen LogP contribution in [0.4, 0.5) is 4.79 Å². The lowest BCUT2D eigenvalue weighted by atomic mass is 10.1. The number of likely N-dealkylation sites (N-methyl/N-ethyl adjacent to an activating group) is 1. The predicted molar refractivity (Wildman–Crippen MR) is 86.5 cm³/mol. The number of nitrogens with zero attached hydrogens (tertiary/aromatic N) is 6. The fraction of sp³-hybridized carbons (Fsp3) is 0.533. The number of urea groups is 1. The second-order valence-corrected chi connectivity index (χ2v) is 6.07. The van der Waals surface area contributed by atoms with Gasteiger partial charge in [-0.05, 0) is 20.8 Å². The Hall–Kier alpha value is -2.51. The molecule has 3 amide bonds. The van der Waals surface area contributed by atoms with E-state index in [1.54, 1.807) is 19.0 Å². The maximum absolute atomic E-state index is 12.9. The molecule has 0 aliphatic carbocycles. The third-order valence-electron chi connectivity index (χ3n) is 4.04. The number of imide groups is 1. The van der Waals surface area contributed by atoms with Crippen molar-refractivity contribution in [3.8, 4) is 0 Å². The molecule has 0 saturated carbocycles. The first-order chi connectivity index (χ1) is 10.8. The van der Waals surface area contributed by atoms with E-state index in [2.05, 4.69) is 16.7 Å². The van der Waals surface area contributed by atoms with Gasteiger partial charge in [0.1, 0.15) is 6.54 Å². The number of amidine groups is 1. The molecule has 0 aromatic carbocycles. The van der Waals surface area contributed by atoms with E-state index in [1.165, 1.54) is 9.80 Å². The zero-order chi connectivity index (χ0) is 16.9. The van der Waals surface area contributed by atoms with E-state index in [1.807, 2.05) is 18.4 Å². The summed E-state index contributed by atoms with van der Waals surface area (Å²) in [6, 6.07) is -0.944. The highest BCUT2D eigenvalue weighted by atomic mass is 16.2. The summed E-state index contributed by atoms with van der Waals surface area (Å²) in [6.45, 7) is 10.9. The van der Waals surface area contributed by atoms with Crippen LogP contribution in [0.3, 0.4) is 0 Å². The number of hydrogen-bond acceptors (Lipinski definition) is 5. The van der Waals surface area contributed by atoms with Crippen molar-refractivity contribution in [2.45, 2.75) is 26.8 Å². The van der Waals surface area contributed by atoms with Gasteiger partial charge in [-0.1, -0.05) is 17.1 Å². The van der Waals surface area contributed by atoms with Gasteiger partial charge in [0.05, 0.1) is 18.8 Å². The Kier molecular flexibility index (Phi) is 3.54. The molecule has 1 saturated heterocycles. The van der Waals surface area contributed by atoms with Crippen LogP contribution in [0.5, 0.6) is 0 Å². The lowest BCUT2D eigenvalue weighted by molar-refractivity contribution is -0.527. The molecule has 8 heteroatoms. The fourth-order valence-corrected chi connectivity index (χ4v) is 3.03. The van der Waals surface area contributed by atoms with E-state index in [4.69, 9.17) is 0 Å². The van der Waals surface area contributed by atoms with Gasteiger partial charge in [0, 0.05) is 7.05 Å². The van der Waals surface area contributed by atoms with Gasteiger partial charge in [-0.15, -0.1) is 10.1 Å². The number of rotatable bonds is 3. The second-order valence-electron chi connectivity index (χ2n) is 6.07. The molecule has 3 rings (SSSR count). The first-order valence-electron chi connectivity index (χ1n) is 7.62. The van der Waals surface area contributed by atoms with E-state index in [0.717, 1.165) is 11.3 Å². The highest BCUT2D eigenvalue weighted by molar-refractivity contribution is 6.23. The maximum atomic E-state index is 12.9. The van der Waals surface area contributed by atoms with Crippen molar-refractivity contribution in [1.29, 1.82) is 0 Å². The standard InChI is InChI=1S/C15H21N6O2/c1-6-21-14-16-12-11(19(14)8-10(4)17-21)13(22)20(7-9(2)3)15(23)18(12)5/h11H,2,6-8H2,1,3-5H3/q+1. The molecule has 0 spiro atoms. The van der Waals surface area contributed by atoms with Crippen LogP contribution in [0, 0.1) is 0 Å². The largest absolute Gasteiger partial charge is 0.416 e. The number of hydrogen-bond donors (Lipinski definition) is 0. The van der Waals surface area contributed by atoms with Crippen molar-refractivity contribution in [2.24, 2.45) is 10.1 Å². The molecule has 3 heterocycles. The van der Waals surface area contributed by atoms with Crippen LogP contribution in [0.2, 0.25) is 0 Å². The van der Waals surface area contributed by atoms with E-state index >= 15 is 0 Å². The molecular formula is C15H21N6O2+. The molecule has 0 N–H and O–H groups in total. The van der Waals surface area contributed by atoms with Crippen molar-refractivity contribution in [3.05, 3.63) is 12.2 Å². The quantitative estimate of drug-likeness (QED) is 0.556. The van der Waals surface area contributed by atoms with Gasteiger partial charge in [-0.2, -0.15) is 0 Å². The number of aliphatic imine (C=N–C) groups is 1. The maximum Gasteiger partial charge on any atom is 0.416 e. The minimum atomic E-state index is -0.577. The van der Waals surface area contributed by atoms with Crippen molar-refractivity contribution < 1.29 is 14.2 Å². The van der Waals surface area contributed by atoms with Crippen LogP contribution in [0.25, 0.3) is 0 Å². The Morgan fingerprint density at radius 1 is 1.43 bits per heavy atom. The third kappa shape index (κ3) is 2.25. The van der Waals surface area contributed by atoms with Crippen LogP contribution in [0.1, 0.15) is 20.8 Å². The lowest BCUT2D eigenvalue weighted by Gasteiger charge is -2.34. The first kappa shape index (κ1) is 15.4. The Balaban J connectivity index is 2.03. The topological polar surface area (TPSA) is 71.6 Å². The summed E-state index contributed by atoms with van der Waals surface area (Å²) >= 11 is 0. The second kappa shape index (κ2) is 5.29. The highest BCUT2D eigenvalue weighted by Crippen LogP contribution is 2.23. The monoisotopic (exact) mass is 317 g/mol. The molecule has 8 nitrogen and oxygen atoms in total. The van der Waals surface area contributed by atoms with Crippen molar-refractivity contribution in [3.63, 3.8) is 0 Å². The van der Waals surface area contributed by atoms with Crippen LogP contribution in [0.15, 0.2) is 22.2 Å². The summed E-state index contributed by atoms with van der Waals surface area (Å²) in [7, 11) is 1.65. The normalized spacial score (nSPS) is 23.8. The molecule has 0 aromatic rings. The molecule has 122 valence electrons. The van der Waals surface area contributed by atoms with Gasteiger partial charge >= 0.3 is 12.0 Å². The Labute approximate surface area is 135 Å². The number of hydrazone groups is 1. The average Bonchev–Trinajstić information content (AvgIpc) is 2.87. The summed E-state index contributed by atoms with van der Waals surface area (Å²) in [5.74, 6) is 0.843. The van der Waals surface area contributed by atoms with Crippen LogP contribution < -0.4 is 0 Å². The average molecular weight is 317 g/mol. The van der Waals surface area contributed by atoms with Crippen molar-refractivity contribution >= 4 is 29.4 Å². The summed E-state index contributed by atoms with van der Waals surface area (Å²) in [6.07, 6.45) is 0. The molecular weight excluding hydrogens is 296 g/mol. The number of carbonyl (C=O) groups excluding carboxylic acids is 2. The summed E-state index contributed by atoms with van der Waals surface area (Å²) in [4.78, 5) is 32.6. The molecule has 3 aliphatic heterocycles. The Morgan fingerprint density at radius 3 is 2.74 bits per heavy atom. The van der Waals surface area contributed by atoms with Gasteiger partial charge in [-0.25, -0.2) is 9.37 Å². The number of fused-ring (bicyclic) bond motifs is 2. The van der Waals surface area contributed by atoms with Gasteiger partial charge in [0.25, 0.3) is 5.91 Å². The van der Waals surface area contributed by atoms with Gasteiger partial charge < -0.3 is 0 Å². The zero-order valence-electron chi connectivity index (χ0n) is 13.9. The fourth-order valence-electron chi connectivity index (χ4n) is 3.03. The summed E-state index contributed by atoms with van der Waals surface area (Å²) in [5, 5.41) is 6.22. The summed E-state index contributed by atoms with van der Waals surface area (Å²) < 4.78 is 1.91. The minimum absolute atomic E-state index is 0.222. The van der Waals surface area contributed by atoms with Crippen molar-refractivity contribution in [2.75, 3.05) is 26.7 Å². The Bertz CT molecular complexity index is 705. The zero-order valence-corrected chi connectivity index (χ0v) is 13.9. The molecule has 1 fully saturated rings. The van der Waals surface area contributed by atoms with Crippen LogP contribution in [-0.2, 0) is 4.79 Å². The predicted octanol–water partition coefficient (Wildman–Crippen LogP) is 0.317. The molecule has 0 aromatic heterocycles. The lowest BCUT2D eigenvalue weighted by Crippen LogP contribution is -2.63. The Morgan fingerprint density at radius 2 is 2.13 bits per heavy atom. The summed E-state index contributed by atoms with van der Waals surface area (Å²) in [5.41, 5.74) is 1.67. The smallest absolute Gasteiger partial charge is 0.270 e. The van der Waals surface area contributed by atoms with E-state index in [9.17, 15) is 9.59 Å². The first-order valence-corrected chi connectivity index (χ1v) is 7.62. The van der Waals surface area contributed by atoms with Crippen LogP contribution in [-0.4, -0.2) is 81.6 Å².